The Kier molecular flexibility index (Phi) is 5.49. The number of ether oxygens (including phenoxy) is 1. The van der Waals surface area contributed by atoms with Crippen LogP contribution in [0.2, 0.25) is 0 Å². The minimum absolute atomic E-state index is 0.0377. The molecular weight excluding hydrogens is 298 g/mol. The van der Waals surface area contributed by atoms with E-state index in [1.165, 1.54) is 0 Å². The van der Waals surface area contributed by atoms with Crippen LogP contribution in [-0.4, -0.2) is 59.5 Å². The predicted octanol–water partition coefficient (Wildman–Crippen LogP) is -0.156. The minimum Gasteiger partial charge on any atom is -0.368 e. The highest BCUT2D eigenvalue weighted by atomic mass is 16.5. The van der Waals surface area contributed by atoms with Crippen LogP contribution in [0.3, 0.4) is 0 Å². The van der Waals surface area contributed by atoms with Gasteiger partial charge >= 0.3 is 0 Å². The predicted molar refractivity (Wildman–Crippen MR) is 84.7 cm³/mol. The normalized spacial score (nSPS) is 18.3. The van der Waals surface area contributed by atoms with Crippen LogP contribution < -0.4 is 11.1 Å². The van der Waals surface area contributed by atoms with Gasteiger partial charge in [0.15, 0.2) is 0 Å². The summed E-state index contributed by atoms with van der Waals surface area (Å²) in [6.07, 6.45) is 0.502. The summed E-state index contributed by atoms with van der Waals surface area (Å²) >= 11 is 0. The molecule has 0 radical (unpaired) electrons. The summed E-state index contributed by atoms with van der Waals surface area (Å²) in [7, 11) is 1.71. The number of hydrogen-bond acceptors (Lipinski definition) is 6. The molecule has 3 N–H and O–H groups in total. The number of nitrogens with one attached hydrogen (secondary N) is 1. The van der Waals surface area contributed by atoms with E-state index in [-0.39, 0.29) is 36.2 Å². The first kappa shape index (κ1) is 17.1. The molecule has 0 aliphatic carbocycles. The molecule has 0 aromatic carbocycles. The van der Waals surface area contributed by atoms with Gasteiger partial charge in [-0.3, -0.25) is 9.59 Å². The molecular formula is C15H23N5O3. The summed E-state index contributed by atoms with van der Waals surface area (Å²) in [6.45, 7) is 4.92. The molecule has 23 heavy (non-hydrogen) atoms. The summed E-state index contributed by atoms with van der Waals surface area (Å²) in [6, 6.07) is 1.66. The Morgan fingerprint density at radius 3 is 2.91 bits per heavy atom. The molecule has 1 saturated heterocycles. The Labute approximate surface area is 135 Å². The lowest BCUT2D eigenvalue weighted by Crippen LogP contribution is -2.48. The molecule has 1 fully saturated rings. The topological polar surface area (TPSA) is 110 Å². The molecule has 1 atom stereocenters. The molecule has 0 spiro atoms. The first-order valence-electron chi connectivity index (χ1n) is 7.62. The van der Waals surface area contributed by atoms with Gasteiger partial charge in [0.05, 0.1) is 6.10 Å². The van der Waals surface area contributed by atoms with Gasteiger partial charge < -0.3 is 20.7 Å². The number of nitrogens with two attached hydrogens (primary N) is 1. The van der Waals surface area contributed by atoms with E-state index in [4.69, 9.17) is 10.5 Å². The van der Waals surface area contributed by atoms with Crippen LogP contribution in [-0.2, 0) is 16.0 Å². The lowest BCUT2D eigenvalue weighted by atomic mass is 10.1. The summed E-state index contributed by atoms with van der Waals surface area (Å²) < 4.78 is 5.38. The van der Waals surface area contributed by atoms with E-state index in [1.807, 2.05) is 0 Å². The highest BCUT2D eigenvalue weighted by Crippen LogP contribution is 2.09. The molecule has 0 saturated carbocycles. The maximum atomic E-state index is 12.2. The van der Waals surface area contributed by atoms with E-state index in [0.29, 0.717) is 19.0 Å². The number of likely N-dealkylation sites (N-methyl/N-ethyl adjacent to an activating group) is 1. The molecule has 2 amide bonds. The number of nitrogen functional groups attached to an aromatic ring is 1. The third-order valence-electron chi connectivity index (χ3n) is 3.48. The number of nitrogens with zero attached hydrogens (tertiary/aromatic N) is 3. The van der Waals surface area contributed by atoms with Crippen LogP contribution in [0, 0.1) is 5.92 Å². The molecule has 1 unspecified atom stereocenters. The third kappa shape index (κ3) is 4.88. The molecule has 1 aliphatic heterocycles. The molecule has 1 aliphatic rings. The van der Waals surface area contributed by atoms with E-state index >= 15 is 0 Å². The van der Waals surface area contributed by atoms with Gasteiger partial charge in [0.1, 0.15) is 12.3 Å². The van der Waals surface area contributed by atoms with Gasteiger partial charge in [-0.05, 0) is 18.4 Å². The number of morpholine rings is 1. The number of amides is 2. The van der Waals surface area contributed by atoms with E-state index in [9.17, 15) is 9.59 Å². The van der Waals surface area contributed by atoms with Crippen molar-refractivity contribution < 1.29 is 14.3 Å². The van der Waals surface area contributed by atoms with E-state index in [0.717, 1.165) is 12.1 Å². The first-order valence-corrected chi connectivity index (χ1v) is 7.62. The molecule has 1 aromatic rings. The maximum absolute atomic E-state index is 12.2. The number of carbonyl (C=O) groups excluding carboxylic acids is 2. The molecule has 2 rings (SSSR count). The van der Waals surface area contributed by atoms with E-state index in [1.54, 1.807) is 18.0 Å². The Hall–Kier alpha value is -2.22. The summed E-state index contributed by atoms with van der Waals surface area (Å²) in [4.78, 5) is 33.3. The zero-order valence-electron chi connectivity index (χ0n) is 13.7. The number of carbonyl (C=O) groups is 2. The Balaban J connectivity index is 1.95. The Morgan fingerprint density at radius 1 is 1.52 bits per heavy atom. The number of rotatable bonds is 5. The smallest absolute Gasteiger partial charge is 0.270 e. The summed E-state index contributed by atoms with van der Waals surface area (Å²) in [5.74, 6) is 0.109. The van der Waals surface area contributed by atoms with Crippen molar-refractivity contribution in [2.75, 3.05) is 32.5 Å². The van der Waals surface area contributed by atoms with Gasteiger partial charge in [0, 0.05) is 25.8 Å². The fraction of sp³-hybridized carbons (Fsp3) is 0.600. The molecule has 8 nitrogen and oxygen atoms in total. The fourth-order valence-electron chi connectivity index (χ4n) is 2.34. The third-order valence-corrected chi connectivity index (χ3v) is 3.48. The second-order valence-electron chi connectivity index (χ2n) is 6.12. The van der Waals surface area contributed by atoms with Crippen molar-refractivity contribution in [3.63, 3.8) is 0 Å². The van der Waals surface area contributed by atoms with Crippen molar-refractivity contribution in [2.45, 2.75) is 26.4 Å². The van der Waals surface area contributed by atoms with Crippen molar-refractivity contribution in [3.05, 3.63) is 17.5 Å². The SMILES string of the molecule is CC(C)Cc1cc(C(=O)NCC2CN(C)C(=O)CO2)nc(N)n1. The standard InChI is InChI=1S/C15H23N5O3/c1-9(2)4-10-5-12(19-15(16)18-10)14(22)17-6-11-7-20(3)13(21)8-23-11/h5,9,11H,4,6-8H2,1-3H3,(H,17,22)(H2,16,18,19). The van der Waals surface area contributed by atoms with Crippen LogP contribution in [0.1, 0.15) is 30.0 Å². The van der Waals surface area contributed by atoms with Gasteiger partial charge in [0.2, 0.25) is 11.9 Å². The van der Waals surface area contributed by atoms with E-state index < -0.39 is 0 Å². The Bertz CT molecular complexity index is 590. The first-order chi connectivity index (χ1) is 10.8. The number of aromatic nitrogens is 2. The van der Waals surface area contributed by atoms with Gasteiger partial charge in [-0.1, -0.05) is 13.8 Å². The largest absolute Gasteiger partial charge is 0.368 e. The molecule has 126 valence electrons. The molecule has 8 heteroatoms. The quantitative estimate of drug-likeness (QED) is 0.780. The molecule has 2 heterocycles. The highest BCUT2D eigenvalue weighted by Gasteiger charge is 2.24. The molecule has 1 aromatic heterocycles. The van der Waals surface area contributed by atoms with Gasteiger partial charge in [0.25, 0.3) is 5.91 Å². The molecule has 0 bridgehead atoms. The maximum Gasteiger partial charge on any atom is 0.270 e. The lowest BCUT2D eigenvalue weighted by molar-refractivity contribution is -0.146. The lowest BCUT2D eigenvalue weighted by Gasteiger charge is -2.29. The Morgan fingerprint density at radius 2 is 2.26 bits per heavy atom. The second-order valence-corrected chi connectivity index (χ2v) is 6.12. The van der Waals surface area contributed by atoms with Crippen LogP contribution in [0.5, 0.6) is 0 Å². The summed E-state index contributed by atoms with van der Waals surface area (Å²) in [5.41, 5.74) is 6.67. The number of hydrogen-bond donors (Lipinski definition) is 2. The summed E-state index contributed by atoms with van der Waals surface area (Å²) in [5, 5.41) is 2.76. The van der Waals surface area contributed by atoms with Gasteiger partial charge in [-0.25, -0.2) is 9.97 Å². The van der Waals surface area contributed by atoms with Crippen molar-refractivity contribution in [1.82, 2.24) is 20.2 Å². The average molecular weight is 321 g/mol. The average Bonchev–Trinajstić information content (AvgIpc) is 2.46. The van der Waals surface area contributed by atoms with Crippen LogP contribution in [0.25, 0.3) is 0 Å². The van der Waals surface area contributed by atoms with Crippen LogP contribution in [0.4, 0.5) is 5.95 Å². The van der Waals surface area contributed by atoms with Crippen molar-refractivity contribution in [2.24, 2.45) is 5.92 Å². The zero-order valence-corrected chi connectivity index (χ0v) is 13.7. The van der Waals surface area contributed by atoms with Crippen molar-refractivity contribution in [3.8, 4) is 0 Å². The van der Waals surface area contributed by atoms with Gasteiger partial charge in [-0.15, -0.1) is 0 Å². The van der Waals surface area contributed by atoms with Crippen molar-refractivity contribution >= 4 is 17.8 Å². The minimum atomic E-state index is -0.327. The second kappa shape index (κ2) is 7.36. The van der Waals surface area contributed by atoms with Gasteiger partial charge in [-0.2, -0.15) is 0 Å². The van der Waals surface area contributed by atoms with Crippen LogP contribution >= 0.6 is 0 Å². The van der Waals surface area contributed by atoms with Crippen molar-refractivity contribution in [1.29, 1.82) is 0 Å². The monoisotopic (exact) mass is 321 g/mol. The number of anilines is 1. The highest BCUT2D eigenvalue weighted by molar-refractivity contribution is 5.92. The zero-order chi connectivity index (χ0) is 17.0. The fourth-order valence-corrected chi connectivity index (χ4v) is 2.34. The van der Waals surface area contributed by atoms with E-state index in [2.05, 4.69) is 29.1 Å². The van der Waals surface area contributed by atoms with Crippen LogP contribution in [0.15, 0.2) is 6.07 Å².